The van der Waals surface area contributed by atoms with Gasteiger partial charge in [0, 0.05) is 23.5 Å². The number of amides is 1. The molecule has 0 aromatic heterocycles. The molecular formula is C17H26N2OS. The molecule has 0 aliphatic carbocycles. The lowest BCUT2D eigenvalue weighted by Crippen LogP contribution is -2.36. The van der Waals surface area contributed by atoms with Gasteiger partial charge < -0.3 is 10.2 Å². The van der Waals surface area contributed by atoms with Gasteiger partial charge in [-0.05, 0) is 68.8 Å². The van der Waals surface area contributed by atoms with Crippen LogP contribution in [0.4, 0.5) is 0 Å². The number of likely N-dealkylation sites (tertiary alicyclic amines) is 1. The summed E-state index contributed by atoms with van der Waals surface area (Å²) in [5, 5.41) is 3.01. The average molecular weight is 306 g/mol. The SMILES string of the molecule is CSc1ccc(C(=O)NCCCN2CCCC(C)C2)cc1. The Labute approximate surface area is 132 Å². The van der Waals surface area contributed by atoms with E-state index >= 15 is 0 Å². The van der Waals surface area contributed by atoms with Crippen LogP contribution in [0.1, 0.15) is 36.5 Å². The highest BCUT2D eigenvalue weighted by atomic mass is 32.2. The summed E-state index contributed by atoms with van der Waals surface area (Å²) in [6, 6.07) is 7.78. The smallest absolute Gasteiger partial charge is 0.251 e. The Morgan fingerprint density at radius 3 is 2.81 bits per heavy atom. The first kappa shape index (κ1) is 16.4. The molecular weight excluding hydrogens is 280 g/mol. The first-order chi connectivity index (χ1) is 10.2. The van der Waals surface area contributed by atoms with Gasteiger partial charge in [-0.1, -0.05) is 6.92 Å². The van der Waals surface area contributed by atoms with E-state index in [1.165, 1.54) is 30.8 Å². The van der Waals surface area contributed by atoms with Crippen molar-refractivity contribution in [1.29, 1.82) is 0 Å². The van der Waals surface area contributed by atoms with Crippen LogP contribution in [0.15, 0.2) is 29.2 Å². The highest BCUT2D eigenvalue weighted by molar-refractivity contribution is 7.98. The van der Waals surface area contributed by atoms with Crippen molar-refractivity contribution < 1.29 is 4.79 Å². The molecule has 21 heavy (non-hydrogen) atoms. The molecule has 1 saturated heterocycles. The maximum Gasteiger partial charge on any atom is 0.251 e. The largest absolute Gasteiger partial charge is 0.352 e. The van der Waals surface area contributed by atoms with Crippen LogP contribution in [0.2, 0.25) is 0 Å². The standard InChI is InChI=1S/C17H26N2OS/c1-14-5-3-11-19(13-14)12-4-10-18-17(20)15-6-8-16(21-2)9-7-15/h6-9,14H,3-5,10-13H2,1-2H3,(H,18,20). The van der Waals surface area contributed by atoms with Crippen LogP contribution in [0, 0.1) is 5.92 Å². The fourth-order valence-corrected chi connectivity index (χ4v) is 3.25. The van der Waals surface area contributed by atoms with Crippen LogP contribution in [0.5, 0.6) is 0 Å². The second-order valence-corrected chi connectivity index (χ2v) is 6.77. The Kier molecular flexibility index (Phi) is 6.58. The molecule has 0 bridgehead atoms. The maximum atomic E-state index is 12.0. The number of carbonyl (C=O) groups excluding carboxylic acids is 1. The van der Waals surface area contributed by atoms with Gasteiger partial charge in [-0.15, -0.1) is 11.8 Å². The third-order valence-electron chi connectivity index (χ3n) is 4.03. The fourth-order valence-electron chi connectivity index (χ4n) is 2.84. The van der Waals surface area contributed by atoms with Gasteiger partial charge in [0.05, 0.1) is 0 Å². The minimum Gasteiger partial charge on any atom is -0.352 e. The van der Waals surface area contributed by atoms with Crippen molar-refractivity contribution in [3.8, 4) is 0 Å². The lowest BCUT2D eigenvalue weighted by Gasteiger charge is -2.30. The number of carbonyl (C=O) groups is 1. The Hall–Kier alpha value is -1.00. The number of rotatable bonds is 6. The number of piperidine rings is 1. The molecule has 1 atom stereocenters. The third kappa shape index (κ3) is 5.36. The summed E-state index contributed by atoms with van der Waals surface area (Å²) in [6.07, 6.45) is 5.74. The molecule has 1 N–H and O–H groups in total. The van der Waals surface area contributed by atoms with E-state index in [1.54, 1.807) is 11.8 Å². The van der Waals surface area contributed by atoms with Crippen LogP contribution in [-0.2, 0) is 0 Å². The molecule has 0 saturated carbocycles. The normalized spacial score (nSPS) is 19.4. The molecule has 4 heteroatoms. The summed E-state index contributed by atoms with van der Waals surface area (Å²) in [4.78, 5) is 15.7. The zero-order valence-electron chi connectivity index (χ0n) is 13.1. The first-order valence-corrected chi connectivity index (χ1v) is 9.06. The van der Waals surface area contributed by atoms with Gasteiger partial charge in [-0.25, -0.2) is 0 Å². The summed E-state index contributed by atoms with van der Waals surface area (Å²) in [7, 11) is 0. The number of thioether (sulfide) groups is 1. The number of hydrogen-bond acceptors (Lipinski definition) is 3. The van der Waals surface area contributed by atoms with Gasteiger partial charge >= 0.3 is 0 Å². The molecule has 1 fully saturated rings. The van der Waals surface area contributed by atoms with Crippen molar-refractivity contribution in [2.45, 2.75) is 31.1 Å². The molecule has 116 valence electrons. The van der Waals surface area contributed by atoms with Gasteiger partial charge in [0.25, 0.3) is 5.91 Å². The zero-order chi connectivity index (χ0) is 15.1. The minimum atomic E-state index is 0.0367. The second-order valence-electron chi connectivity index (χ2n) is 5.89. The van der Waals surface area contributed by atoms with E-state index in [4.69, 9.17) is 0 Å². The number of nitrogens with zero attached hydrogens (tertiary/aromatic N) is 1. The summed E-state index contributed by atoms with van der Waals surface area (Å²) in [6.45, 7) is 6.61. The van der Waals surface area contributed by atoms with Crippen molar-refractivity contribution >= 4 is 17.7 Å². The molecule has 1 aliphatic heterocycles. The van der Waals surface area contributed by atoms with E-state index in [9.17, 15) is 4.79 Å². The number of hydrogen-bond donors (Lipinski definition) is 1. The van der Waals surface area contributed by atoms with Gasteiger partial charge in [-0.2, -0.15) is 0 Å². The molecule has 0 radical (unpaired) electrons. The lowest BCUT2D eigenvalue weighted by atomic mass is 10.0. The van der Waals surface area contributed by atoms with E-state index < -0.39 is 0 Å². The third-order valence-corrected chi connectivity index (χ3v) is 4.77. The van der Waals surface area contributed by atoms with Crippen molar-refractivity contribution in [3.63, 3.8) is 0 Å². The first-order valence-electron chi connectivity index (χ1n) is 7.83. The van der Waals surface area contributed by atoms with Crippen LogP contribution in [-0.4, -0.2) is 43.2 Å². The Bertz CT molecular complexity index is 447. The summed E-state index contributed by atoms with van der Waals surface area (Å²) in [5.74, 6) is 0.859. The Morgan fingerprint density at radius 2 is 2.14 bits per heavy atom. The summed E-state index contributed by atoms with van der Waals surface area (Å²) < 4.78 is 0. The van der Waals surface area contributed by atoms with Gasteiger partial charge in [0.2, 0.25) is 0 Å². The van der Waals surface area contributed by atoms with Gasteiger partial charge in [0.1, 0.15) is 0 Å². The van der Waals surface area contributed by atoms with E-state index in [0.717, 1.165) is 31.0 Å². The zero-order valence-corrected chi connectivity index (χ0v) is 13.9. The quantitative estimate of drug-likeness (QED) is 0.647. The van der Waals surface area contributed by atoms with Crippen molar-refractivity contribution in [2.24, 2.45) is 5.92 Å². The lowest BCUT2D eigenvalue weighted by molar-refractivity contribution is 0.0950. The van der Waals surface area contributed by atoms with Crippen molar-refractivity contribution in [1.82, 2.24) is 10.2 Å². The number of nitrogens with one attached hydrogen (secondary N) is 1. The topological polar surface area (TPSA) is 32.3 Å². The van der Waals surface area contributed by atoms with E-state index in [0.29, 0.717) is 0 Å². The van der Waals surface area contributed by atoms with Crippen LogP contribution >= 0.6 is 11.8 Å². The summed E-state index contributed by atoms with van der Waals surface area (Å²) >= 11 is 1.69. The molecule has 0 spiro atoms. The maximum absolute atomic E-state index is 12.0. The minimum absolute atomic E-state index is 0.0367. The predicted molar refractivity (Wildman–Crippen MR) is 90.0 cm³/mol. The highest BCUT2D eigenvalue weighted by Crippen LogP contribution is 2.16. The molecule has 1 unspecified atom stereocenters. The molecule has 2 rings (SSSR count). The monoisotopic (exact) mass is 306 g/mol. The highest BCUT2D eigenvalue weighted by Gasteiger charge is 2.15. The predicted octanol–water partition coefficient (Wildman–Crippen LogP) is 3.26. The Balaban J connectivity index is 1.66. The fraction of sp³-hybridized carbons (Fsp3) is 0.588. The molecule has 1 aromatic carbocycles. The molecule has 1 aliphatic rings. The van der Waals surface area contributed by atoms with Crippen molar-refractivity contribution in [2.75, 3.05) is 32.4 Å². The second kappa shape index (κ2) is 8.44. The van der Waals surface area contributed by atoms with E-state index in [2.05, 4.69) is 17.1 Å². The Morgan fingerprint density at radius 1 is 1.38 bits per heavy atom. The van der Waals surface area contributed by atoms with Gasteiger partial charge in [0.15, 0.2) is 0 Å². The van der Waals surface area contributed by atoms with E-state index in [-0.39, 0.29) is 5.91 Å². The van der Waals surface area contributed by atoms with E-state index in [1.807, 2.05) is 30.5 Å². The van der Waals surface area contributed by atoms with Crippen LogP contribution in [0.3, 0.4) is 0 Å². The van der Waals surface area contributed by atoms with Gasteiger partial charge in [-0.3, -0.25) is 4.79 Å². The summed E-state index contributed by atoms with van der Waals surface area (Å²) in [5.41, 5.74) is 0.749. The molecule has 1 amide bonds. The van der Waals surface area contributed by atoms with Crippen LogP contribution < -0.4 is 5.32 Å². The molecule has 1 aromatic rings. The molecule has 1 heterocycles. The average Bonchev–Trinajstić information content (AvgIpc) is 2.51. The number of benzene rings is 1. The van der Waals surface area contributed by atoms with Crippen molar-refractivity contribution in [3.05, 3.63) is 29.8 Å². The molecule has 3 nitrogen and oxygen atoms in total. The van der Waals surface area contributed by atoms with Crippen LogP contribution in [0.25, 0.3) is 0 Å².